The van der Waals surface area contributed by atoms with Gasteiger partial charge in [0, 0.05) is 31.3 Å². The van der Waals surface area contributed by atoms with Crippen LogP contribution in [0.5, 0.6) is 0 Å². The topological polar surface area (TPSA) is 70.0 Å². The van der Waals surface area contributed by atoms with E-state index in [1.54, 1.807) is 44.8 Å². The van der Waals surface area contributed by atoms with E-state index >= 15 is 0 Å². The highest BCUT2D eigenvalue weighted by atomic mass is 16.2. The third-order valence-corrected chi connectivity index (χ3v) is 3.89. The zero-order valence-corrected chi connectivity index (χ0v) is 10.9. The van der Waals surface area contributed by atoms with E-state index in [1.807, 2.05) is 0 Å². The SMILES string of the molecule is O=c1n(CC2CCC2)nc2c(-n3ccnc3)nccn12. The molecule has 0 aromatic carbocycles. The second-order valence-electron chi connectivity index (χ2n) is 5.18. The van der Waals surface area contributed by atoms with E-state index in [-0.39, 0.29) is 5.69 Å². The fraction of sp³-hybridized carbons (Fsp3) is 0.385. The molecule has 3 heterocycles. The number of rotatable bonds is 3. The predicted octanol–water partition coefficient (Wildman–Crippen LogP) is 0.877. The Morgan fingerprint density at radius 2 is 2.15 bits per heavy atom. The zero-order valence-electron chi connectivity index (χ0n) is 10.9. The van der Waals surface area contributed by atoms with E-state index < -0.39 is 0 Å². The summed E-state index contributed by atoms with van der Waals surface area (Å²) < 4.78 is 4.86. The Hall–Kier alpha value is -2.44. The largest absolute Gasteiger partial charge is 0.350 e. The molecule has 0 amide bonds. The van der Waals surface area contributed by atoms with Gasteiger partial charge in [0.05, 0.1) is 0 Å². The molecule has 1 saturated carbocycles. The van der Waals surface area contributed by atoms with Crippen molar-refractivity contribution >= 4 is 5.65 Å². The van der Waals surface area contributed by atoms with Crippen LogP contribution in [-0.2, 0) is 6.54 Å². The molecule has 7 heteroatoms. The molecular weight excluding hydrogens is 256 g/mol. The minimum atomic E-state index is -0.101. The molecular formula is C13H14N6O. The molecule has 1 aliphatic carbocycles. The maximum atomic E-state index is 12.3. The molecule has 7 nitrogen and oxygen atoms in total. The molecule has 0 aliphatic heterocycles. The molecule has 0 N–H and O–H groups in total. The van der Waals surface area contributed by atoms with Crippen LogP contribution >= 0.6 is 0 Å². The van der Waals surface area contributed by atoms with Crippen molar-refractivity contribution in [2.24, 2.45) is 5.92 Å². The van der Waals surface area contributed by atoms with Gasteiger partial charge in [-0.2, -0.15) is 0 Å². The molecule has 0 radical (unpaired) electrons. The highest BCUT2D eigenvalue weighted by Crippen LogP contribution is 2.27. The minimum Gasteiger partial charge on any atom is -0.287 e. The van der Waals surface area contributed by atoms with Crippen molar-refractivity contribution in [1.29, 1.82) is 0 Å². The van der Waals surface area contributed by atoms with E-state index in [0.717, 1.165) is 0 Å². The molecule has 0 atom stereocenters. The lowest BCUT2D eigenvalue weighted by molar-refractivity contribution is 0.263. The first-order valence-corrected chi connectivity index (χ1v) is 6.75. The Balaban J connectivity index is 1.86. The highest BCUT2D eigenvalue weighted by Gasteiger charge is 2.21. The third kappa shape index (κ3) is 1.66. The van der Waals surface area contributed by atoms with Crippen molar-refractivity contribution < 1.29 is 0 Å². The zero-order chi connectivity index (χ0) is 13.5. The van der Waals surface area contributed by atoms with Crippen LogP contribution in [0.15, 0.2) is 35.9 Å². The van der Waals surface area contributed by atoms with Crippen LogP contribution in [0, 0.1) is 5.92 Å². The lowest BCUT2D eigenvalue weighted by atomic mass is 9.86. The van der Waals surface area contributed by atoms with Crippen LogP contribution in [0.4, 0.5) is 0 Å². The smallest absolute Gasteiger partial charge is 0.287 e. The summed E-state index contributed by atoms with van der Waals surface area (Å²) in [6, 6.07) is 0. The molecule has 3 aromatic rings. The number of aromatic nitrogens is 6. The second-order valence-corrected chi connectivity index (χ2v) is 5.18. The molecule has 1 aliphatic rings. The van der Waals surface area contributed by atoms with Crippen molar-refractivity contribution in [2.75, 3.05) is 0 Å². The maximum Gasteiger partial charge on any atom is 0.350 e. The molecule has 0 spiro atoms. The van der Waals surface area contributed by atoms with E-state index in [9.17, 15) is 4.79 Å². The van der Waals surface area contributed by atoms with E-state index in [2.05, 4.69) is 15.1 Å². The molecule has 102 valence electrons. The first kappa shape index (κ1) is 11.4. The van der Waals surface area contributed by atoms with Gasteiger partial charge in [-0.1, -0.05) is 6.42 Å². The Labute approximate surface area is 114 Å². The summed E-state index contributed by atoms with van der Waals surface area (Å²) >= 11 is 0. The van der Waals surface area contributed by atoms with Crippen molar-refractivity contribution in [3.63, 3.8) is 0 Å². The molecule has 0 unspecified atom stereocenters. The predicted molar refractivity (Wildman–Crippen MR) is 71.7 cm³/mol. The Morgan fingerprint density at radius 3 is 2.85 bits per heavy atom. The fourth-order valence-electron chi connectivity index (χ4n) is 2.54. The van der Waals surface area contributed by atoms with Crippen LogP contribution < -0.4 is 5.69 Å². The van der Waals surface area contributed by atoms with Gasteiger partial charge in [-0.15, -0.1) is 5.10 Å². The van der Waals surface area contributed by atoms with Gasteiger partial charge >= 0.3 is 5.69 Å². The van der Waals surface area contributed by atoms with Gasteiger partial charge in [0.15, 0.2) is 5.82 Å². The van der Waals surface area contributed by atoms with Gasteiger partial charge in [-0.25, -0.2) is 23.8 Å². The number of nitrogens with zero attached hydrogens (tertiary/aromatic N) is 6. The summed E-state index contributed by atoms with van der Waals surface area (Å²) in [5.41, 5.74) is 0.463. The summed E-state index contributed by atoms with van der Waals surface area (Å²) in [4.78, 5) is 20.6. The van der Waals surface area contributed by atoms with Gasteiger partial charge in [-0.3, -0.25) is 4.57 Å². The van der Waals surface area contributed by atoms with Crippen LogP contribution in [-0.4, -0.2) is 28.7 Å². The lowest BCUT2D eigenvalue weighted by Crippen LogP contribution is -2.27. The van der Waals surface area contributed by atoms with Crippen LogP contribution in [0.25, 0.3) is 11.5 Å². The van der Waals surface area contributed by atoms with Crippen molar-refractivity contribution in [3.8, 4) is 5.82 Å². The average molecular weight is 270 g/mol. The second kappa shape index (κ2) is 4.29. The number of fused-ring (bicyclic) bond motifs is 1. The van der Waals surface area contributed by atoms with Crippen LogP contribution in [0.1, 0.15) is 19.3 Å². The maximum absolute atomic E-state index is 12.3. The molecule has 3 aromatic heterocycles. The van der Waals surface area contributed by atoms with Crippen LogP contribution in [0.3, 0.4) is 0 Å². The molecule has 0 saturated heterocycles. The minimum absolute atomic E-state index is 0.101. The fourth-order valence-corrected chi connectivity index (χ4v) is 2.54. The first-order valence-electron chi connectivity index (χ1n) is 6.75. The Bertz CT molecular complexity index is 796. The summed E-state index contributed by atoms with van der Waals surface area (Å²) in [6.07, 6.45) is 12.0. The normalized spacial score (nSPS) is 15.6. The third-order valence-electron chi connectivity index (χ3n) is 3.89. The number of imidazole rings is 1. The van der Waals surface area contributed by atoms with Gasteiger partial charge in [0.25, 0.3) is 0 Å². The van der Waals surface area contributed by atoms with Gasteiger partial charge < -0.3 is 0 Å². The number of hydrogen-bond donors (Lipinski definition) is 0. The quantitative estimate of drug-likeness (QED) is 0.708. The summed E-state index contributed by atoms with van der Waals surface area (Å²) in [5.74, 6) is 1.21. The van der Waals surface area contributed by atoms with Gasteiger partial charge in [0.1, 0.15) is 6.33 Å². The molecule has 4 rings (SSSR count). The van der Waals surface area contributed by atoms with Gasteiger partial charge in [-0.05, 0) is 18.8 Å². The van der Waals surface area contributed by atoms with Crippen LogP contribution in [0.2, 0.25) is 0 Å². The van der Waals surface area contributed by atoms with Crippen molar-refractivity contribution in [1.82, 2.24) is 28.7 Å². The van der Waals surface area contributed by atoms with E-state index in [1.165, 1.54) is 19.3 Å². The standard InChI is InChI=1S/C13H14N6O/c20-13-18-7-5-15-11(17-6-4-14-9-17)12(18)16-19(13)8-10-2-1-3-10/h4-7,9-10H,1-3,8H2. The van der Waals surface area contributed by atoms with Crippen molar-refractivity contribution in [2.45, 2.75) is 25.8 Å². The first-order chi connectivity index (χ1) is 9.83. The van der Waals surface area contributed by atoms with E-state index in [0.29, 0.717) is 23.9 Å². The molecule has 0 bridgehead atoms. The Morgan fingerprint density at radius 1 is 1.25 bits per heavy atom. The monoisotopic (exact) mass is 270 g/mol. The summed E-state index contributed by atoms with van der Waals surface area (Å²) in [6.45, 7) is 0.698. The van der Waals surface area contributed by atoms with Crippen molar-refractivity contribution in [3.05, 3.63) is 41.6 Å². The average Bonchev–Trinajstić information content (AvgIpc) is 3.03. The molecule has 1 fully saturated rings. The Kier molecular flexibility index (Phi) is 2.45. The summed E-state index contributed by atoms with van der Waals surface area (Å²) in [5, 5.41) is 4.45. The number of hydrogen-bond acceptors (Lipinski definition) is 4. The van der Waals surface area contributed by atoms with E-state index in [4.69, 9.17) is 0 Å². The van der Waals surface area contributed by atoms with Gasteiger partial charge in [0.2, 0.25) is 5.65 Å². The molecule has 20 heavy (non-hydrogen) atoms. The highest BCUT2D eigenvalue weighted by molar-refractivity contribution is 5.53. The lowest BCUT2D eigenvalue weighted by Gasteiger charge is -2.24. The summed E-state index contributed by atoms with van der Waals surface area (Å²) in [7, 11) is 0.